The predicted octanol–water partition coefficient (Wildman–Crippen LogP) is 4.77. The fourth-order valence-electron chi connectivity index (χ4n) is 4.09. The van der Waals surface area contributed by atoms with E-state index in [1.165, 1.54) is 12.1 Å². The molecule has 5 rings (SSSR count). The molecule has 0 N–H and O–H groups in total. The predicted molar refractivity (Wildman–Crippen MR) is 113 cm³/mol. The average Bonchev–Trinajstić information content (AvgIpc) is 2.81. The third-order valence-corrected chi connectivity index (χ3v) is 5.62. The van der Waals surface area contributed by atoms with Crippen molar-refractivity contribution >= 4 is 17.5 Å². The van der Waals surface area contributed by atoms with E-state index in [-0.39, 0.29) is 41.5 Å². The third kappa shape index (κ3) is 3.50. The molecule has 1 aliphatic carbocycles. The number of ketones is 2. The minimum Gasteiger partial charge on any atom is -0.489 e. The van der Waals surface area contributed by atoms with Crippen molar-refractivity contribution in [2.24, 2.45) is 0 Å². The highest BCUT2D eigenvalue weighted by Gasteiger charge is 2.42. The van der Waals surface area contributed by atoms with Crippen LogP contribution in [0.2, 0.25) is 0 Å². The molecule has 2 aliphatic rings. The van der Waals surface area contributed by atoms with Crippen molar-refractivity contribution in [2.75, 3.05) is 0 Å². The average molecular weight is 428 g/mol. The largest absolute Gasteiger partial charge is 0.489 e. The number of Topliss-reactive ketones (excluding diaryl/α,β-unsaturated/α-hetero) is 2. The first-order valence-electron chi connectivity index (χ1n) is 10.1. The maximum absolute atomic E-state index is 13.3. The second kappa shape index (κ2) is 7.89. The summed E-state index contributed by atoms with van der Waals surface area (Å²) in [5.74, 6) is -1.86. The molecule has 1 heterocycles. The number of fused-ring (bicyclic) bond motifs is 1. The Bertz CT molecular complexity index is 1290. The maximum Gasteiger partial charge on any atom is 0.312 e. The summed E-state index contributed by atoms with van der Waals surface area (Å²) in [5.41, 5.74) is 2.17. The van der Waals surface area contributed by atoms with Crippen LogP contribution >= 0.6 is 0 Å². The van der Waals surface area contributed by atoms with E-state index in [1.807, 2.05) is 0 Å². The van der Waals surface area contributed by atoms with Gasteiger partial charge in [0.2, 0.25) is 5.78 Å². The topological polar surface area (TPSA) is 69.7 Å². The van der Waals surface area contributed by atoms with Gasteiger partial charge in [-0.15, -0.1) is 0 Å². The number of rotatable bonds is 4. The number of hydrogen-bond acceptors (Lipinski definition) is 5. The number of benzene rings is 3. The van der Waals surface area contributed by atoms with Gasteiger partial charge in [-0.25, -0.2) is 4.39 Å². The highest BCUT2D eigenvalue weighted by atomic mass is 19.1. The monoisotopic (exact) mass is 428 g/mol. The Hall–Kier alpha value is -4.06. The first kappa shape index (κ1) is 19.9. The van der Waals surface area contributed by atoms with Crippen molar-refractivity contribution in [3.8, 4) is 5.75 Å². The molecule has 0 radical (unpaired) electrons. The SMILES string of the molecule is O=C1CC(c2ccc(OCc3cccc(F)c3)cc2)C2=C(O1)C(=O)c1ccccc1C2=O. The lowest BCUT2D eigenvalue weighted by molar-refractivity contribution is -0.140. The van der Waals surface area contributed by atoms with Crippen molar-refractivity contribution < 1.29 is 28.2 Å². The van der Waals surface area contributed by atoms with Crippen molar-refractivity contribution in [3.63, 3.8) is 0 Å². The molecule has 1 unspecified atom stereocenters. The van der Waals surface area contributed by atoms with Gasteiger partial charge in [0, 0.05) is 17.0 Å². The summed E-state index contributed by atoms with van der Waals surface area (Å²) in [6.07, 6.45) is -0.0382. The number of halogens is 1. The molecular formula is C26H17FO5. The molecule has 32 heavy (non-hydrogen) atoms. The molecule has 0 aromatic heterocycles. The fourth-order valence-corrected chi connectivity index (χ4v) is 4.09. The van der Waals surface area contributed by atoms with Gasteiger partial charge in [-0.2, -0.15) is 0 Å². The minimum absolute atomic E-state index is 0.0382. The summed E-state index contributed by atoms with van der Waals surface area (Å²) in [4.78, 5) is 38.3. The Labute approximate surface area is 183 Å². The van der Waals surface area contributed by atoms with E-state index in [4.69, 9.17) is 9.47 Å². The van der Waals surface area contributed by atoms with Crippen LogP contribution in [0.15, 0.2) is 84.1 Å². The molecule has 1 atom stereocenters. The van der Waals surface area contributed by atoms with Crippen LogP contribution in [0.1, 0.15) is 44.2 Å². The van der Waals surface area contributed by atoms with Gasteiger partial charge < -0.3 is 9.47 Å². The second-order valence-electron chi connectivity index (χ2n) is 7.67. The number of ether oxygens (including phenoxy) is 2. The molecule has 3 aromatic carbocycles. The summed E-state index contributed by atoms with van der Waals surface area (Å²) in [5, 5.41) is 0. The molecule has 0 saturated carbocycles. The van der Waals surface area contributed by atoms with Gasteiger partial charge in [0.25, 0.3) is 0 Å². The van der Waals surface area contributed by atoms with Gasteiger partial charge in [-0.1, -0.05) is 48.5 Å². The Morgan fingerprint density at radius 3 is 2.31 bits per heavy atom. The summed E-state index contributed by atoms with van der Waals surface area (Å²) in [6.45, 7) is 0.200. The van der Waals surface area contributed by atoms with Crippen LogP contribution in [-0.2, 0) is 16.1 Å². The molecular weight excluding hydrogens is 411 g/mol. The molecule has 158 valence electrons. The first-order chi connectivity index (χ1) is 15.5. The summed E-state index contributed by atoms with van der Waals surface area (Å²) >= 11 is 0. The molecule has 0 saturated heterocycles. The number of carbonyl (C=O) groups is 3. The number of esters is 1. The van der Waals surface area contributed by atoms with E-state index in [0.29, 0.717) is 22.4 Å². The van der Waals surface area contributed by atoms with E-state index in [1.54, 1.807) is 60.7 Å². The highest BCUT2D eigenvalue weighted by Crippen LogP contribution is 2.41. The maximum atomic E-state index is 13.3. The van der Waals surface area contributed by atoms with Gasteiger partial charge in [-0.05, 0) is 35.4 Å². The lowest BCUT2D eigenvalue weighted by atomic mass is 9.77. The summed E-state index contributed by atoms with van der Waals surface area (Å²) in [7, 11) is 0. The molecule has 0 spiro atoms. The van der Waals surface area contributed by atoms with Crippen molar-refractivity contribution in [3.05, 3.63) is 112 Å². The third-order valence-electron chi connectivity index (χ3n) is 5.62. The summed E-state index contributed by atoms with van der Waals surface area (Å²) < 4.78 is 24.2. The number of allylic oxidation sites excluding steroid dienone is 2. The van der Waals surface area contributed by atoms with E-state index in [9.17, 15) is 18.8 Å². The lowest BCUT2D eigenvalue weighted by Gasteiger charge is -2.30. The van der Waals surface area contributed by atoms with Gasteiger partial charge in [-0.3, -0.25) is 14.4 Å². The van der Waals surface area contributed by atoms with Gasteiger partial charge in [0.1, 0.15) is 18.2 Å². The Balaban J connectivity index is 1.43. The van der Waals surface area contributed by atoms with E-state index >= 15 is 0 Å². The van der Waals surface area contributed by atoms with E-state index in [2.05, 4.69) is 0 Å². The fraction of sp³-hybridized carbons (Fsp3) is 0.115. The normalized spacial score (nSPS) is 17.5. The van der Waals surface area contributed by atoms with Crippen LogP contribution in [0.4, 0.5) is 4.39 Å². The van der Waals surface area contributed by atoms with Gasteiger partial charge >= 0.3 is 5.97 Å². The number of hydrogen-bond donors (Lipinski definition) is 0. The molecule has 0 bridgehead atoms. The molecule has 1 aliphatic heterocycles. The second-order valence-corrected chi connectivity index (χ2v) is 7.67. The van der Waals surface area contributed by atoms with Crippen LogP contribution in [0.3, 0.4) is 0 Å². The Kier molecular flexibility index (Phi) is 4.90. The van der Waals surface area contributed by atoms with Crippen molar-refractivity contribution in [2.45, 2.75) is 18.9 Å². The molecule has 5 nitrogen and oxygen atoms in total. The van der Waals surface area contributed by atoms with Crippen molar-refractivity contribution in [1.82, 2.24) is 0 Å². The zero-order chi connectivity index (χ0) is 22.2. The minimum atomic E-state index is -0.590. The molecule has 0 fully saturated rings. The van der Waals surface area contributed by atoms with Crippen LogP contribution in [0.5, 0.6) is 5.75 Å². The molecule has 6 heteroatoms. The summed E-state index contributed by atoms with van der Waals surface area (Å²) in [6, 6.07) is 19.6. The van der Waals surface area contributed by atoms with Gasteiger partial charge in [0.05, 0.1) is 12.0 Å². The van der Waals surface area contributed by atoms with Crippen LogP contribution < -0.4 is 4.74 Å². The zero-order valence-electron chi connectivity index (χ0n) is 16.8. The molecule has 3 aromatic rings. The Morgan fingerprint density at radius 2 is 1.59 bits per heavy atom. The van der Waals surface area contributed by atoms with Crippen LogP contribution in [-0.4, -0.2) is 17.5 Å². The van der Waals surface area contributed by atoms with Gasteiger partial charge in [0.15, 0.2) is 11.5 Å². The van der Waals surface area contributed by atoms with E-state index in [0.717, 1.165) is 0 Å². The van der Waals surface area contributed by atoms with Crippen LogP contribution in [0.25, 0.3) is 0 Å². The Morgan fingerprint density at radius 1 is 0.875 bits per heavy atom. The lowest BCUT2D eigenvalue weighted by Crippen LogP contribution is -2.32. The van der Waals surface area contributed by atoms with Crippen molar-refractivity contribution in [1.29, 1.82) is 0 Å². The molecule has 0 amide bonds. The smallest absolute Gasteiger partial charge is 0.312 e. The number of carbonyl (C=O) groups excluding carboxylic acids is 3. The highest BCUT2D eigenvalue weighted by molar-refractivity contribution is 6.27. The van der Waals surface area contributed by atoms with E-state index < -0.39 is 17.7 Å². The first-order valence-corrected chi connectivity index (χ1v) is 10.1. The standard InChI is InChI=1S/C26H17FO5/c27-17-5-3-4-15(12-17)14-31-18-10-8-16(9-11-18)21-13-22(28)32-26-23(21)24(29)19-6-1-2-7-20(19)25(26)30/h1-12,21H,13-14H2. The zero-order valence-corrected chi connectivity index (χ0v) is 16.8. The quantitative estimate of drug-likeness (QED) is 0.560. The van der Waals surface area contributed by atoms with Crippen LogP contribution in [0, 0.1) is 5.82 Å².